The van der Waals surface area contributed by atoms with Crippen LogP contribution in [0.25, 0.3) is 0 Å². The highest BCUT2D eigenvalue weighted by Crippen LogP contribution is 2.09. The van der Waals surface area contributed by atoms with Crippen LogP contribution in [0, 0.1) is 5.92 Å². The second-order valence-corrected chi connectivity index (χ2v) is 4.84. The standard InChI is InChI=1S/C12H22N4O2/c1-9(12(17)18)5-4-6-10(2)13-7-11-8-16(3)15-14-11/h8-10,13H,4-7H2,1-3H3,(H,17,18). The van der Waals surface area contributed by atoms with E-state index in [4.69, 9.17) is 5.11 Å². The van der Waals surface area contributed by atoms with Crippen molar-refractivity contribution < 1.29 is 9.90 Å². The van der Waals surface area contributed by atoms with E-state index in [1.165, 1.54) is 0 Å². The molecule has 0 aromatic carbocycles. The van der Waals surface area contributed by atoms with Crippen LogP contribution in [0.4, 0.5) is 0 Å². The molecule has 0 radical (unpaired) electrons. The van der Waals surface area contributed by atoms with E-state index in [0.717, 1.165) is 25.0 Å². The minimum atomic E-state index is -0.713. The molecule has 0 fully saturated rings. The molecule has 0 saturated heterocycles. The number of carbonyl (C=O) groups is 1. The molecule has 6 heteroatoms. The SMILES string of the molecule is CC(CCCC(C)C(=O)O)NCc1cn(C)nn1. The second kappa shape index (κ2) is 7.10. The second-order valence-electron chi connectivity index (χ2n) is 4.84. The third-order valence-electron chi connectivity index (χ3n) is 2.98. The average molecular weight is 254 g/mol. The molecule has 2 N–H and O–H groups in total. The van der Waals surface area contributed by atoms with Crippen molar-refractivity contribution in [3.63, 3.8) is 0 Å². The van der Waals surface area contributed by atoms with E-state index in [2.05, 4.69) is 22.6 Å². The molecule has 0 bridgehead atoms. The van der Waals surface area contributed by atoms with Gasteiger partial charge in [0, 0.05) is 25.8 Å². The molecule has 1 aromatic rings. The molecule has 0 aliphatic rings. The van der Waals surface area contributed by atoms with Crippen LogP contribution in [0.3, 0.4) is 0 Å². The first-order chi connectivity index (χ1) is 8.49. The first kappa shape index (κ1) is 14.6. The molecule has 0 aliphatic carbocycles. The number of aliphatic carboxylic acids is 1. The lowest BCUT2D eigenvalue weighted by Gasteiger charge is -2.13. The largest absolute Gasteiger partial charge is 0.481 e. The van der Waals surface area contributed by atoms with E-state index in [-0.39, 0.29) is 5.92 Å². The van der Waals surface area contributed by atoms with Gasteiger partial charge in [0.15, 0.2) is 0 Å². The summed E-state index contributed by atoms with van der Waals surface area (Å²) in [7, 11) is 1.84. The normalized spacial score (nSPS) is 14.4. The van der Waals surface area contributed by atoms with Gasteiger partial charge in [-0.3, -0.25) is 9.48 Å². The smallest absolute Gasteiger partial charge is 0.306 e. The number of carboxylic acid groups (broad SMARTS) is 1. The molecule has 2 unspecified atom stereocenters. The van der Waals surface area contributed by atoms with Gasteiger partial charge < -0.3 is 10.4 Å². The van der Waals surface area contributed by atoms with Gasteiger partial charge in [-0.1, -0.05) is 18.6 Å². The van der Waals surface area contributed by atoms with Gasteiger partial charge >= 0.3 is 5.97 Å². The van der Waals surface area contributed by atoms with Crippen LogP contribution in [-0.4, -0.2) is 32.1 Å². The van der Waals surface area contributed by atoms with Crippen molar-refractivity contribution in [3.8, 4) is 0 Å². The zero-order chi connectivity index (χ0) is 13.5. The third-order valence-corrected chi connectivity index (χ3v) is 2.98. The van der Waals surface area contributed by atoms with Gasteiger partial charge in [0.2, 0.25) is 0 Å². The molecule has 1 rings (SSSR count). The van der Waals surface area contributed by atoms with Gasteiger partial charge in [0.25, 0.3) is 0 Å². The first-order valence-electron chi connectivity index (χ1n) is 6.30. The summed E-state index contributed by atoms with van der Waals surface area (Å²) in [6, 6.07) is 0.355. The van der Waals surface area contributed by atoms with E-state index in [0.29, 0.717) is 12.6 Å². The van der Waals surface area contributed by atoms with Crippen molar-refractivity contribution in [2.24, 2.45) is 13.0 Å². The van der Waals surface area contributed by atoms with E-state index < -0.39 is 5.97 Å². The summed E-state index contributed by atoms with van der Waals surface area (Å²) in [5.41, 5.74) is 0.920. The summed E-state index contributed by atoms with van der Waals surface area (Å²) in [5, 5.41) is 20.0. The number of nitrogens with one attached hydrogen (secondary N) is 1. The number of aromatic nitrogens is 3. The van der Waals surface area contributed by atoms with Crippen molar-refractivity contribution in [1.82, 2.24) is 20.3 Å². The van der Waals surface area contributed by atoms with Gasteiger partial charge in [-0.2, -0.15) is 0 Å². The zero-order valence-corrected chi connectivity index (χ0v) is 11.3. The van der Waals surface area contributed by atoms with Crippen LogP contribution in [0.15, 0.2) is 6.20 Å². The van der Waals surface area contributed by atoms with Gasteiger partial charge in [-0.25, -0.2) is 0 Å². The fourth-order valence-corrected chi connectivity index (χ4v) is 1.71. The highest BCUT2D eigenvalue weighted by atomic mass is 16.4. The van der Waals surface area contributed by atoms with Gasteiger partial charge in [0.1, 0.15) is 0 Å². The Morgan fingerprint density at radius 1 is 1.50 bits per heavy atom. The Balaban J connectivity index is 2.14. The molecule has 0 saturated carbocycles. The molecule has 0 amide bonds. The highest BCUT2D eigenvalue weighted by molar-refractivity contribution is 5.69. The molecule has 1 aromatic heterocycles. The van der Waals surface area contributed by atoms with E-state index in [1.807, 2.05) is 13.2 Å². The molecule has 1 heterocycles. The lowest BCUT2D eigenvalue weighted by atomic mass is 10.0. The lowest BCUT2D eigenvalue weighted by Crippen LogP contribution is -2.25. The molecule has 0 aliphatic heterocycles. The summed E-state index contributed by atoms with van der Waals surface area (Å²) in [4.78, 5) is 10.7. The molecule has 0 spiro atoms. The van der Waals surface area contributed by atoms with E-state index in [1.54, 1.807) is 11.6 Å². The third kappa shape index (κ3) is 5.27. The predicted octanol–water partition coefficient (Wildman–Crippen LogP) is 1.18. The van der Waals surface area contributed by atoms with Crippen LogP contribution >= 0.6 is 0 Å². The Bertz CT molecular complexity index is 378. The molecular weight excluding hydrogens is 232 g/mol. The minimum Gasteiger partial charge on any atom is -0.481 e. The number of rotatable bonds is 8. The van der Waals surface area contributed by atoms with Crippen molar-refractivity contribution in [2.45, 2.75) is 45.7 Å². The van der Waals surface area contributed by atoms with Gasteiger partial charge in [-0.15, -0.1) is 5.10 Å². The maximum atomic E-state index is 10.7. The fraction of sp³-hybridized carbons (Fsp3) is 0.750. The quantitative estimate of drug-likeness (QED) is 0.728. The predicted molar refractivity (Wildman–Crippen MR) is 68.0 cm³/mol. The van der Waals surface area contributed by atoms with Crippen LogP contribution in [0.5, 0.6) is 0 Å². The highest BCUT2D eigenvalue weighted by Gasteiger charge is 2.11. The van der Waals surface area contributed by atoms with Crippen LogP contribution < -0.4 is 5.32 Å². The summed E-state index contributed by atoms with van der Waals surface area (Å²) < 4.78 is 1.68. The lowest BCUT2D eigenvalue weighted by molar-refractivity contribution is -0.141. The zero-order valence-electron chi connectivity index (χ0n) is 11.3. The Morgan fingerprint density at radius 3 is 2.78 bits per heavy atom. The minimum absolute atomic E-state index is 0.253. The van der Waals surface area contributed by atoms with Crippen molar-refractivity contribution >= 4 is 5.97 Å². The topological polar surface area (TPSA) is 80.0 Å². The number of carboxylic acids is 1. The Morgan fingerprint density at radius 2 is 2.22 bits per heavy atom. The Labute approximate surface area is 107 Å². The molecule has 18 heavy (non-hydrogen) atoms. The number of hydrogen-bond donors (Lipinski definition) is 2. The van der Waals surface area contributed by atoms with Gasteiger partial charge in [0.05, 0.1) is 11.6 Å². The Kier molecular flexibility index (Phi) is 5.77. The number of nitrogens with zero attached hydrogens (tertiary/aromatic N) is 3. The molecule has 102 valence electrons. The van der Waals surface area contributed by atoms with E-state index in [9.17, 15) is 4.79 Å². The van der Waals surface area contributed by atoms with E-state index >= 15 is 0 Å². The summed E-state index contributed by atoms with van der Waals surface area (Å²) in [6.07, 6.45) is 4.50. The fourth-order valence-electron chi connectivity index (χ4n) is 1.71. The Hall–Kier alpha value is -1.43. The number of aryl methyl sites for hydroxylation is 1. The summed E-state index contributed by atoms with van der Waals surface area (Å²) in [6.45, 7) is 4.55. The van der Waals surface area contributed by atoms with Crippen LogP contribution in [0.1, 0.15) is 38.8 Å². The van der Waals surface area contributed by atoms with Crippen molar-refractivity contribution in [3.05, 3.63) is 11.9 Å². The monoisotopic (exact) mass is 254 g/mol. The number of hydrogen-bond acceptors (Lipinski definition) is 4. The first-order valence-corrected chi connectivity index (χ1v) is 6.30. The van der Waals surface area contributed by atoms with Crippen LogP contribution in [-0.2, 0) is 18.4 Å². The molecular formula is C12H22N4O2. The maximum absolute atomic E-state index is 10.7. The van der Waals surface area contributed by atoms with Gasteiger partial charge in [-0.05, 0) is 19.8 Å². The maximum Gasteiger partial charge on any atom is 0.306 e. The summed E-state index contributed by atoms with van der Waals surface area (Å²) in [5.74, 6) is -0.965. The molecule has 6 nitrogen and oxygen atoms in total. The van der Waals surface area contributed by atoms with Crippen LogP contribution in [0.2, 0.25) is 0 Å². The summed E-state index contributed by atoms with van der Waals surface area (Å²) >= 11 is 0. The van der Waals surface area contributed by atoms with Crippen molar-refractivity contribution in [2.75, 3.05) is 0 Å². The average Bonchev–Trinajstić information content (AvgIpc) is 2.72. The van der Waals surface area contributed by atoms with Crippen molar-refractivity contribution in [1.29, 1.82) is 0 Å². The molecule has 2 atom stereocenters.